The summed E-state index contributed by atoms with van der Waals surface area (Å²) in [5.74, 6) is -0.746. The van der Waals surface area contributed by atoms with Gasteiger partial charge in [-0.3, -0.25) is 9.89 Å². The standard InChI is InChI=1S/C16H19N3O4S/c20-16(19-24(21,22)11-12-6-8-23-9-7-12)15-10-14(17-18-15)13-4-2-1-3-5-13/h1-5,10,12H,6-9,11H2,(H,17,18)(H,19,20). The smallest absolute Gasteiger partial charge is 0.282 e. The van der Waals surface area contributed by atoms with Crippen LogP contribution >= 0.6 is 0 Å². The van der Waals surface area contributed by atoms with Crippen molar-refractivity contribution in [2.24, 2.45) is 5.92 Å². The van der Waals surface area contributed by atoms with Crippen LogP contribution in [0.25, 0.3) is 11.3 Å². The molecular weight excluding hydrogens is 330 g/mol. The SMILES string of the molecule is O=C(NS(=O)(=O)CC1CCOCC1)c1cc(-c2ccccc2)n[nH]1. The molecular formula is C16H19N3O4S. The Morgan fingerprint density at radius 3 is 2.67 bits per heavy atom. The van der Waals surface area contributed by atoms with E-state index in [1.807, 2.05) is 30.3 Å². The third kappa shape index (κ3) is 4.21. The van der Waals surface area contributed by atoms with Gasteiger partial charge in [0.05, 0.1) is 11.4 Å². The Morgan fingerprint density at radius 2 is 1.96 bits per heavy atom. The monoisotopic (exact) mass is 349 g/mol. The van der Waals surface area contributed by atoms with Gasteiger partial charge in [0.15, 0.2) is 0 Å². The van der Waals surface area contributed by atoms with E-state index < -0.39 is 15.9 Å². The zero-order valence-electron chi connectivity index (χ0n) is 13.1. The first kappa shape index (κ1) is 16.7. The minimum Gasteiger partial charge on any atom is -0.381 e. The molecule has 1 amide bonds. The number of nitrogens with one attached hydrogen (secondary N) is 2. The number of amides is 1. The van der Waals surface area contributed by atoms with Gasteiger partial charge < -0.3 is 4.74 Å². The lowest BCUT2D eigenvalue weighted by Gasteiger charge is -2.21. The number of nitrogens with zero attached hydrogens (tertiary/aromatic N) is 1. The maximum Gasteiger partial charge on any atom is 0.282 e. The molecule has 2 N–H and O–H groups in total. The molecule has 0 saturated carbocycles. The predicted molar refractivity (Wildman–Crippen MR) is 88.8 cm³/mol. The number of hydrogen-bond donors (Lipinski definition) is 2. The Labute approximate surface area is 140 Å². The van der Waals surface area contributed by atoms with Gasteiger partial charge in [-0.1, -0.05) is 30.3 Å². The second-order valence-electron chi connectivity index (χ2n) is 5.80. The second-order valence-corrected chi connectivity index (χ2v) is 7.57. The lowest BCUT2D eigenvalue weighted by Crippen LogP contribution is -2.36. The van der Waals surface area contributed by atoms with E-state index in [1.165, 1.54) is 6.07 Å². The molecule has 3 rings (SSSR count). The van der Waals surface area contributed by atoms with Crippen molar-refractivity contribution in [3.8, 4) is 11.3 Å². The van der Waals surface area contributed by atoms with Crippen LogP contribution in [0.4, 0.5) is 0 Å². The first-order valence-corrected chi connectivity index (χ1v) is 9.42. The molecule has 24 heavy (non-hydrogen) atoms. The zero-order valence-corrected chi connectivity index (χ0v) is 13.9. The van der Waals surface area contributed by atoms with Gasteiger partial charge in [-0.25, -0.2) is 13.1 Å². The van der Waals surface area contributed by atoms with Gasteiger partial charge in [-0.2, -0.15) is 5.10 Å². The zero-order chi connectivity index (χ0) is 17.0. The molecule has 1 fully saturated rings. The van der Waals surface area contributed by atoms with E-state index in [9.17, 15) is 13.2 Å². The molecule has 1 aromatic heterocycles. The van der Waals surface area contributed by atoms with Crippen molar-refractivity contribution in [1.82, 2.24) is 14.9 Å². The van der Waals surface area contributed by atoms with Crippen molar-refractivity contribution >= 4 is 15.9 Å². The summed E-state index contributed by atoms with van der Waals surface area (Å²) in [6.45, 7) is 1.13. The quantitative estimate of drug-likeness (QED) is 0.853. The number of aromatic amines is 1. The van der Waals surface area contributed by atoms with Crippen molar-refractivity contribution in [1.29, 1.82) is 0 Å². The second kappa shape index (κ2) is 7.14. The highest BCUT2D eigenvalue weighted by Crippen LogP contribution is 2.18. The van der Waals surface area contributed by atoms with E-state index in [0.29, 0.717) is 31.7 Å². The van der Waals surface area contributed by atoms with Crippen LogP contribution in [0.2, 0.25) is 0 Å². The number of H-pyrrole nitrogens is 1. The summed E-state index contributed by atoms with van der Waals surface area (Å²) in [6.07, 6.45) is 1.38. The highest BCUT2D eigenvalue weighted by atomic mass is 32.2. The fourth-order valence-corrected chi connectivity index (χ4v) is 4.09. The van der Waals surface area contributed by atoms with Crippen LogP contribution in [0, 0.1) is 5.92 Å². The summed E-state index contributed by atoms with van der Waals surface area (Å²) in [7, 11) is -3.69. The van der Waals surface area contributed by atoms with Gasteiger partial charge >= 0.3 is 0 Å². The van der Waals surface area contributed by atoms with Crippen molar-refractivity contribution in [3.63, 3.8) is 0 Å². The molecule has 0 aliphatic carbocycles. The normalized spacial score (nSPS) is 16.0. The molecule has 2 aromatic rings. The Morgan fingerprint density at radius 1 is 1.25 bits per heavy atom. The fourth-order valence-electron chi connectivity index (χ4n) is 2.66. The van der Waals surface area contributed by atoms with Crippen LogP contribution in [-0.2, 0) is 14.8 Å². The maximum atomic E-state index is 12.2. The van der Waals surface area contributed by atoms with Gasteiger partial charge in [0, 0.05) is 18.8 Å². The van der Waals surface area contributed by atoms with Crippen LogP contribution in [-0.4, -0.2) is 43.5 Å². The molecule has 0 spiro atoms. The van der Waals surface area contributed by atoms with Gasteiger partial charge in [0.1, 0.15) is 5.69 Å². The molecule has 2 heterocycles. The third-order valence-electron chi connectivity index (χ3n) is 3.94. The maximum absolute atomic E-state index is 12.2. The minimum absolute atomic E-state index is 0.0192. The van der Waals surface area contributed by atoms with Crippen LogP contribution in [0.3, 0.4) is 0 Å². The number of rotatable bonds is 5. The van der Waals surface area contributed by atoms with Crippen molar-refractivity contribution in [2.75, 3.05) is 19.0 Å². The Hall–Kier alpha value is -2.19. The average Bonchev–Trinajstić information content (AvgIpc) is 3.06. The van der Waals surface area contributed by atoms with Crippen molar-refractivity contribution in [3.05, 3.63) is 42.1 Å². The van der Waals surface area contributed by atoms with E-state index in [4.69, 9.17) is 4.74 Å². The molecule has 1 aromatic carbocycles. The summed E-state index contributed by atoms with van der Waals surface area (Å²) in [6, 6.07) is 10.9. The molecule has 8 heteroatoms. The summed E-state index contributed by atoms with van der Waals surface area (Å²) < 4.78 is 31.6. The number of sulfonamides is 1. The van der Waals surface area contributed by atoms with Crippen molar-refractivity contribution in [2.45, 2.75) is 12.8 Å². The molecule has 128 valence electrons. The van der Waals surface area contributed by atoms with E-state index in [-0.39, 0.29) is 17.4 Å². The largest absolute Gasteiger partial charge is 0.381 e. The first-order valence-electron chi connectivity index (χ1n) is 7.77. The highest BCUT2D eigenvalue weighted by Gasteiger charge is 2.24. The van der Waals surface area contributed by atoms with E-state index in [1.54, 1.807) is 0 Å². The summed E-state index contributed by atoms with van der Waals surface area (Å²) in [4.78, 5) is 12.2. The lowest BCUT2D eigenvalue weighted by atomic mass is 10.0. The molecule has 0 unspecified atom stereocenters. The van der Waals surface area contributed by atoms with E-state index in [0.717, 1.165) is 5.56 Å². The topological polar surface area (TPSA) is 101 Å². The lowest BCUT2D eigenvalue weighted by molar-refractivity contribution is 0.0722. The number of benzene rings is 1. The molecule has 0 radical (unpaired) electrons. The van der Waals surface area contributed by atoms with Crippen LogP contribution < -0.4 is 4.72 Å². The Balaban J connectivity index is 1.65. The first-order chi connectivity index (χ1) is 11.5. The average molecular weight is 349 g/mol. The number of aromatic nitrogens is 2. The molecule has 0 bridgehead atoms. The summed E-state index contributed by atoms with van der Waals surface area (Å²) >= 11 is 0. The number of hydrogen-bond acceptors (Lipinski definition) is 5. The van der Waals surface area contributed by atoms with Gasteiger partial charge in [-0.05, 0) is 24.8 Å². The minimum atomic E-state index is -3.69. The Bertz CT molecular complexity index is 796. The molecule has 7 nitrogen and oxygen atoms in total. The number of carbonyl (C=O) groups is 1. The number of carbonyl (C=O) groups excluding carboxylic acids is 1. The molecule has 1 aliphatic rings. The van der Waals surface area contributed by atoms with Crippen molar-refractivity contribution < 1.29 is 17.9 Å². The fraction of sp³-hybridized carbons (Fsp3) is 0.375. The van der Waals surface area contributed by atoms with E-state index >= 15 is 0 Å². The predicted octanol–water partition coefficient (Wildman–Crippen LogP) is 1.56. The van der Waals surface area contributed by atoms with Gasteiger partial charge in [-0.15, -0.1) is 0 Å². The van der Waals surface area contributed by atoms with E-state index in [2.05, 4.69) is 14.9 Å². The van der Waals surface area contributed by atoms with Gasteiger partial charge in [0.2, 0.25) is 10.0 Å². The summed E-state index contributed by atoms with van der Waals surface area (Å²) in [5.41, 5.74) is 1.55. The molecule has 1 saturated heterocycles. The highest BCUT2D eigenvalue weighted by molar-refractivity contribution is 7.90. The number of ether oxygens (including phenoxy) is 1. The van der Waals surface area contributed by atoms with Crippen LogP contribution in [0.5, 0.6) is 0 Å². The molecule has 1 aliphatic heterocycles. The van der Waals surface area contributed by atoms with Gasteiger partial charge in [0.25, 0.3) is 5.91 Å². The molecule has 0 atom stereocenters. The van der Waals surface area contributed by atoms with Crippen LogP contribution in [0.1, 0.15) is 23.3 Å². The summed E-state index contributed by atoms with van der Waals surface area (Å²) in [5, 5.41) is 6.64. The Kier molecular flexibility index (Phi) is 4.96. The van der Waals surface area contributed by atoms with Crippen LogP contribution in [0.15, 0.2) is 36.4 Å². The third-order valence-corrected chi connectivity index (χ3v) is 5.34.